The molecule has 8 heteroatoms. The minimum absolute atomic E-state index is 0. The average Bonchev–Trinajstić information content (AvgIpc) is 3.05. The zero-order valence-corrected chi connectivity index (χ0v) is 19.7. The van der Waals surface area contributed by atoms with Gasteiger partial charge in [0.05, 0.1) is 17.9 Å². The number of hydrogen-bond donors (Lipinski definition) is 2. The summed E-state index contributed by atoms with van der Waals surface area (Å²) >= 11 is 0. The van der Waals surface area contributed by atoms with Crippen molar-refractivity contribution in [3.8, 4) is 0 Å². The van der Waals surface area contributed by atoms with Crippen LogP contribution in [0.15, 0.2) is 15.6 Å². The molecule has 1 fully saturated rings. The van der Waals surface area contributed by atoms with Gasteiger partial charge >= 0.3 is 0 Å². The molecule has 0 aliphatic carbocycles. The van der Waals surface area contributed by atoms with Crippen LogP contribution in [0.3, 0.4) is 0 Å². The van der Waals surface area contributed by atoms with Gasteiger partial charge in [-0.3, -0.25) is 4.90 Å². The maximum atomic E-state index is 5.78. The van der Waals surface area contributed by atoms with Crippen molar-refractivity contribution in [2.45, 2.75) is 65.7 Å². The number of nitrogens with zero attached hydrogens (tertiary/aromatic N) is 3. The first kappa shape index (κ1) is 24.2. The van der Waals surface area contributed by atoms with Crippen LogP contribution >= 0.6 is 24.0 Å². The van der Waals surface area contributed by atoms with Crippen molar-refractivity contribution in [3.05, 3.63) is 17.5 Å². The van der Waals surface area contributed by atoms with Gasteiger partial charge in [-0.2, -0.15) is 0 Å². The summed E-state index contributed by atoms with van der Waals surface area (Å²) in [6.07, 6.45) is 1.72. The van der Waals surface area contributed by atoms with E-state index in [1.54, 1.807) is 0 Å². The molecule has 0 aromatic carbocycles. The smallest absolute Gasteiger partial charge is 0.191 e. The minimum atomic E-state index is 0. The van der Waals surface area contributed by atoms with Crippen LogP contribution in [0.5, 0.6) is 0 Å². The Morgan fingerprint density at radius 1 is 1.30 bits per heavy atom. The van der Waals surface area contributed by atoms with E-state index in [4.69, 9.17) is 9.26 Å². The Balaban J connectivity index is 0.00000364. The SMILES string of the molecule is CCNC(=NCc1cc(C(C)C)no1)NCCCN1CC(C)OC(C)C1.I. The van der Waals surface area contributed by atoms with E-state index in [1.165, 1.54) is 0 Å². The van der Waals surface area contributed by atoms with Gasteiger partial charge in [0.15, 0.2) is 11.7 Å². The van der Waals surface area contributed by atoms with E-state index in [0.29, 0.717) is 24.7 Å². The number of aromatic nitrogens is 1. The highest BCUT2D eigenvalue weighted by Gasteiger charge is 2.21. The van der Waals surface area contributed by atoms with Crippen LogP contribution in [-0.2, 0) is 11.3 Å². The van der Waals surface area contributed by atoms with Crippen LogP contribution in [0, 0.1) is 0 Å². The fourth-order valence-corrected chi connectivity index (χ4v) is 3.15. The lowest BCUT2D eigenvalue weighted by Gasteiger charge is -2.35. The molecular weight excluding hydrogens is 457 g/mol. The summed E-state index contributed by atoms with van der Waals surface area (Å²) in [6.45, 7) is 15.9. The number of aliphatic imine (C=N–C) groups is 1. The van der Waals surface area contributed by atoms with Gasteiger partial charge in [0.2, 0.25) is 0 Å². The first-order valence-corrected chi connectivity index (χ1v) is 9.83. The molecule has 156 valence electrons. The Bertz CT molecular complexity index is 554. The van der Waals surface area contributed by atoms with Gasteiger partial charge in [-0.1, -0.05) is 19.0 Å². The van der Waals surface area contributed by atoms with Gasteiger partial charge in [-0.25, -0.2) is 4.99 Å². The number of morpholine rings is 1. The predicted molar refractivity (Wildman–Crippen MR) is 120 cm³/mol. The number of nitrogens with one attached hydrogen (secondary N) is 2. The van der Waals surface area contributed by atoms with Crippen LogP contribution in [0.4, 0.5) is 0 Å². The molecule has 0 saturated carbocycles. The van der Waals surface area contributed by atoms with Crippen molar-refractivity contribution in [2.75, 3.05) is 32.7 Å². The number of rotatable bonds is 8. The highest BCUT2D eigenvalue weighted by atomic mass is 127. The zero-order chi connectivity index (χ0) is 18.9. The third kappa shape index (κ3) is 8.78. The number of halogens is 1. The molecule has 0 amide bonds. The summed E-state index contributed by atoms with van der Waals surface area (Å²) in [6, 6.07) is 1.98. The Hall–Kier alpha value is -0.870. The second-order valence-corrected chi connectivity index (χ2v) is 7.37. The molecule has 0 bridgehead atoms. The molecule has 2 N–H and O–H groups in total. The second-order valence-electron chi connectivity index (χ2n) is 7.37. The van der Waals surface area contributed by atoms with Gasteiger partial charge in [-0.15, -0.1) is 24.0 Å². The summed E-state index contributed by atoms with van der Waals surface area (Å²) in [4.78, 5) is 7.07. The molecule has 2 heterocycles. The van der Waals surface area contributed by atoms with E-state index in [9.17, 15) is 0 Å². The van der Waals surface area contributed by atoms with E-state index in [0.717, 1.165) is 56.6 Å². The van der Waals surface area contributed by atoms with Crippen molar-refractivity contribution in [1.82, 2.24) is 20.7 Å². The van der Waals surface area contributed by atoms with E-state index in [1.807, 2.05) is 6.07 Å². The topological polar surface area (TPSA) is 74.9 Å². The normalized spacial score (nSPS) is 21.2. The molecule has 2 atom stereocenters. The molecule has 1 aromatic rings. The zero-order valence-electron chi connectivity index (χ0n) is 17.3. The van der Waals surface area contributed by atoms with Crippen molar-refractivity contribution in [1.29, 1.82) is 0 Å². The summed E-state index contributed by atoms with van der Waals surface area (Å²) in [7, 11) is 0. The average molecular weight is 493 g/mol. The second kappa shape index (κ2) is 12.6. The van der Waals surface area contributed by atoms with Crippen LogP contribution < -0.4 is 10.6 Å². The molecule has 27 heavy (non-hydrogen) atoms. The van der Waals surface area contributed by atoms with Crippen molar-refractivity contribution < 1.29 is 9.26 Å². The third-order valence-corrected chi connectivity index (χ3v) is 4.34. The fourth-order valence-electron chi connectivity index (χ4n) is 3.15. The molecule has 0 spiro atoms. The molecule has 1 aromatic heterocycles. The Labute approximate surface area is 180 Å². The van der Waals surface area contributed by atoms with Gasteiger partial charge in [-0.05, 0) is 33.1 Å². The third-order valence-electron chi connectivity index (χ3n) is 4.34. The Kier molecular flexibility index (Phi) is 11.2. The highest BCUT2D eigenvalue weighted by Crippen LogP contribution is 2.14. The minimum Gasteiger partial charge on any atom is -0.373 e. The molecule has 1 saturated heterocycles. The van der Waals surface area contributed by atoms with Crippen molar-refractivity contribution in [2.24, 2.45) is 4.99 Å². The lowest BCUT2D eigenvalue weighted by atomic mass is 10.1. The Morgan fingerprint density at radius 3 is 2.59 bits per heavy atom. The lowest BCUT2D eigenvalue weighted by Crippen LogP contribution is -2.46. The van der Waals surface area contributed by atoms with Crippen molar-refractivity contribution >= 4 is 29.9 Å². The largest absolute Gasteiger partial charge is 0.373 e. The Morgan fingerprint density at radius 2 is 2.00 bits per heavy atom. The van der Waals surface area contributed by atoms with Gasteiger partial charge in [0.1, 0.15) is 6.54 Å². The molecule has 1 aliphatic heterocycles. The van der Waals surface area contributed by atoms with E-state index in [-0.39, 0.29) is 24.0 Å². The lowest BCUT2D eigenvalue weighted by molar-refractivity contribution is -0.0679. The molecular formula is C19H36IN5O2. The highest BCUT2D eigenvalue weighted by molar-refractivity contribution is 14.0. The molecule has 0 radical (unpaired) electrons. The maximum Gasteiger partial charge on any atom is 0.191 e. The number of hydrogen-bond acceptors (Lipinski definition) is 5. The summed E-state index contributed by atoms with van der Waals surface area (Å²) < 4.78 is 11.1. The van der Waals surface area contributed by atoms with Gasteiger partial charge < -0.3 is 19.9 Å². The fraction of sp³-hybridized carbons (Fsp3) is 0.789. The monoisotopic (exact) mass is 493 g/mol. The summed E-state index contributed by atoms with van der Waals surface area (Å²) in [5.41, 5.74) is 0.974. The van der Waals surface area contributed by atoms with Crippen LogP contribution in [0.25, 0.3) is 0 Å². The van der Waals surface area contributed by atoms with E-state index >= 15 is 0 Å². The number of guanidine groups is 1. The molecule has 2 rings (SSSR count). The molecule has 7 nitrogen and oxygen atoms in total. The van der Waals surface area contributed by atoms with Crippen molar-refractivity contribution in [3.63, 3.8) is 0 Å². The van der Waals surface area contributed by atoms with E-state index in [2.05, 4.69) is 60.3 Å². The standard InChI is InChI=1S/C19H35N5O2.HI/c1-6-20-19(22-11-17-10-18(14(2)3)23-26-17)21-8-7-9-24-12-15(4)25-16(5)13-24;/h10,14-16H,6-9,11-13H2,1-5H3,(H2,20,21,22);1H. The van der Waals surface area contributed by atoms with Crippen LogP contribution in [-0.4, -0.2) is 60.9 Å². The predicted octanol–water partition coefficient (Wildman–Crippen LogP) is 2.97. The summed E-state index contributed by atoms with van der Waals surface area (Å²) in [5.74, 6) is 1.98. The first-order valence-electron chi connectivity index (χ1n) is 9.83. The van der Waals surface area contributed by atoms with Gasteiger partial charge in [0.25, 0.3) is 0 Å². The van der Waals surface area contributed by atoms with E-state index < -0.39 is 0 Å². The van der Waals surface area contributed by atoms with Gasteiger partial charge in [0, 0.05) is 38.8 Å². The summed E-state index contributed by atoms with van der Waals surface area (Å²) in [5, 5.41) is 10.8. The first-order chi connectivity index (χ1) is 12.5. The maximum absolute atomic E-state index is 5.78. The molecule has 2 unspecified atom stereocenters. The van der Waals surface area contributed by atoms with Crippen LogP contribution in [0.1, 0.15) is 58.4 Å². The molecule has 1 aliphatic rings. The number of ether oxygens (including phenoxy) is 1. The quantitative estimate of drug-likeness (QED) is 0.251. The van der Waals surface area contributed by atoms with Crippen LogP contribution in [0.2, 0.25) is 0 Å².